The SMILES string of the molecule is O=S(=O)(NC1CC(c2ccc(Cl)cc2)C1)C1(Cc2ccccc2)CC1. The van der Waals surface area contributed by atoms with Crippen LogP contribution in [0, 0.1) is 0 Å². The van der Waals surface area contributed by atoms with Crippen molar-refractivity contribution >= 4 is 21.6 Å². The summed E-state index contributed by atoms with van der Waals surface area (Å²) in [6.45, 7) is 0. The van der Waals surface area contributed by atoms with Gasteiger partial charge in [0.1, 0.15) is 0 Å². The maximum Gasteiger partial charge on any atom is 0.217 e. The van der Waals surface area contributed by atoms with Crippen LogP contribution < -0.4 is 4.72 Å². The van der Waals surface area contributed by atoms with Crippen LogP contribution in [0.15, 0.2) is 54.6 Å². The molecule has 1 N–H and O–H groups in total. The molecule has 0 aromatic heterocycles. The van der Waals surface area contributed by atoms with Gasteiger partial charge in [0.05, 0.1) is 4.75 Å². The maximum atomic E-state index is 12.9. The zero-order valence-corrected chi connectivity index (χ0v) is 15.6. The van der Waals surface area contributed by atoms with Crippen molar-refractivity contribution in [3.8, 4) is 0 Å². The average Bonchev–Trinajstić information content (AvgIpc) is 3.34. The van der Waals surface area contributed by atoms with Crippen LogP contribution in [0.25, 0.3) is 0 Å². The summed E-state index contributed by atoms with van der Waals surface area (Å²) in [6.07, 6.45) is 3.84. The Bertz CT molecular complexity index is 839. The predicted molar refractivity (Wildman–Crippen MR) is 101 cm³/mol. The van der Waals surface area contributed by atoms with Gasteiger partial charge in [-0.1, -0.05) is 54.1 Å². The van der Waals surface area contributed by atoms with Crippen LogP contribution in [0.3, 0.4) is 0 Å². The lowest BCUT2D eigenvalue weighted by Gasteiger charge is -2.37. The molecule has 5 heteroatoms. The maximum absolute atomic E-state index is 12.9. The van der Waals surface area contributed by atoms with Gasteiger partial charge in [-0.15, -0.1) is 0 Å². The first-order valence-corrected chi connectivity index (χ1v) is 10.6. The van der Waals surface area contributed by atoms with Gasteiger partial charge in [-0.3, -0.25) is 0 Å². The average molecular weight is 376 g/mol. The monoisotopic (exact) mass is 375 g/mol. The Hall–Kier alpha value is -1.36. The highest BCUT2D eigenvalue weighted by Gasteiger charge is 2.55. The van der Waals surface area contributed by atoms with Gasteiger partial charge in [0.2, 0.25) is 10.0 Å². The number of hydrogen-bond donors (Lipinski definition) is 1. The number of nitrogens with one attached hydrogen (secondary N) is 1. The number of benzene rings is 2. The second kappa shape index (κ2) is 6.42. The lowest BCUT2D eigenvalue weighted by atomic mass is 9.76. The van der Waals surface area contributed by atoms with E-state index in [0.717, 1.165) is 36.3 Å². The Balaban J connectivity index is 1.37. The third-order valence-electron chi connectivity index (χ3n) is 5.55. The Morgan fingerprint density at radius 2 is 1.64 bits per heavy atom. The standard InChI is InChI=1S/C20H22ClNO2S/c21-18-8-6-16(7-9-18)17-12-19(13-17)22-25(23,24)20(10-11-20)14-15-4-2-1-3-5-15/h1-9,17,19,22H,10-14H2. The molecule has 0 aliphatic heterocycles. The molecule has 2 aromatic carbocycles. The molecule has 0 saturated heterocycles. The van der Waals surface area contributed by atoms with Crippen LogP contribution in [0.5, 0.6) is 0 Å². The highest BCUT2D eigenvalue weighted by molar-refractivity contribution is 7.91. The van der Waals surface area contributed by atoms with Crippen LogP contribution in [0.1, 0.15) is 42.7 Å². The van der Waals surface area contributed by atoms with E-state index in [2.05, 4.69) is 4.72 Å². The quantitative estimate of drug-likeness (QED) is 0.819. The second-order valence-corrected chi connectivity index (χ2v) is 9.93. The second-order valence-electron chi connectivity index (χ2n) is 7.38. The molecule has 2 aromatic rings. The van der Waals surface area contributed by atoms with Crippen LogP contribution in [0.2, 0.25) is 5.02 Å². The van der Waals surface area contributed by atoms with Gasteiger partial charge < -0.3 is 0 Å². The predicted octanol–water partition coefficient (Wildman–Crippen LogP) is 4.28. The minimum atomic E-state index is -3.29. The summed E-state index contributed by atoms with van der Waals surface area (Å²) in [7, 11) is -3.29. The largest absolute Gasteiger partial charge is 0.217 e. The van der Waals surface area contributed by atoms with Gasteiger partial charge in [0.15, 0.2) is 0 Å². The minimum Gasteiger partial charge on any atom is -0.212 e. The molecule has 0 bridgehead atoms. The van der Waals surface area contributed by atoms with Crippen molar-refractivity contribution in [1.82, 2.24) is 4.72 Å². The minimum absolute atomic E-state index is 0.0546. The van der Waals surface area contributed by atoms with Gasteiger partial charge in [-0.05, 0) is 61.3 Å². The third kappa shape index (κ3) is 3.48. The van der Waals surface area contributed by atoms with Gasteiger partial charge >= 0.3 is 0 Å². The summed E-state index contributed by atoms with van der Waals surface area (Å²) in [5, 5.41) is 0.733. The van der Waals surface area contributed by atoms with Gasteiger partial charge in [0.25, 0.3) is 0 Å². The molecule has 4 rings (SSSR count). The Morgan fingerprint density at radius 3 is 2.24 bits per heavy atom. The fraction of sp³-hybridized carbons (Fsp3) is 0.400. The van der Waals surface area contributed by atoms with E-state index in [9.17, 15) is 8.42 Å². The molecule has 132 valence electrons. The molecule has 2 fully saturated rings. The fourth-order valence-corrected chi connectivity index (χ4v) is 5.72. The Kier molecular flexibility index (Phi) is 4.38. The van der Waals surface area contributed by atoms with Crippen LogP contribution in [-0.4, -0.2) is 19.2 Å². The van der Waals surface area contributed by atoms with E-state index in [-0.39, 0.29) is 6.04 Å². The van der Waals surface area contributed by atoms with Crippen molar-refractivity contribution < 1.29 is 8.42 Å². The van der Waals surface area contributed by atoms with E-state index in [1.807, 2.05) is 54.6 Å². The molecular weight excluding hydrogens is 354 g/mol. The third-order valence-corrected chi connectivity index (χ3v) is 8.14. The molecular formula is C20H22ClNO2S. The molecule has 2 saturated carbocycles. The van der Waals surface area contributed by atoms with E-state index in [4.69, 9.17) is 11.6 Å². The summed E-state index contributed by atoms with van der Waals surface area (Å²) < 4.78 is 28.1. The first-order valence-electron chi connectivity index (χ1n) is 8.79. The zero-order valence-electron chi connectivity index (χ0n) is 14.0. The summed E-state index contributed by atoms with van der Waals surface area (Å²) in [4.78, 5) is 0. The molecule has 2 aliphatic rings. The lowest BCUT2D eigenvalue weighted by molar-refractivity contribution is 0.324. The molecule has 0 amide bonds. The number of halogens is 1. The van der Waals surface area contributed by atoms with Crippen molar-refractivity contribution in [3.05, 3.63) is 70.7 Å². The number of hydrogen-bond acceptors (Lipinski definition) is 2. The van der Waals surface area contributed by atoms with Crippen molar-refractivity contribution in [1.29, 1.82) is 0 Å². The molecule has 0 atom stereocenters. The van der Waals surface area contributed by atoms with E-state index in [1.54, 1.807) is 0 Å². The van der Waals surface area contributed by atoms with Crippen LogP contribution in [0.4, 0.5) is 0 Å². The van der Waals surface area contributed by atoms with Gasteiger partial charge in [-0.25, -0.2) is 13.1 Å². The molecule has 0 spiro atoms. The van der Waals surface area contributed by atoms with Crippen molar-refractivity contribution in [2.45, 2.75) is 48.8 Å². The zero-order chi connectivity index (χ0) is 17.5. The smallest absolute Gasteiger partial charge is 0.212 e. The summed E-state index contributed by atoms with van der Waals surface area (Å²) >= 11 is 5.93. The lowest BCUT2D eigenvalue weighted by Crippen LogP contribution is -2.48. The fourth-order valence-electron chi connectivity index (χ4n) is 3.71. The first kappa shape index (κ1) is 17.1. The summed E-state index contributed by atoms with van der Waals surface area (Å²) in [5.74, 6) is 0.425. The molecule has 0 unspecified atom stereocenters. The molecule has 0 radical (unpaired) electrons. The molecule has 0 heterocycles. The summed E-state index contributed by atoms with van der Waals surface area (Å²) in [5.41, 5.74) is 2.34. The number of rotatable bonds is 6. The van der Waals surface area contributed by atoms with Gasteiger partial charge in [-0.2, -0.15) is 0 Å². The van der Waals surface area contributed by atoms with Crippen molar-refractivity contribution in [3.63, 3.8) is 0 Å². The van der Waals surface area contributed by atoms with Crippen LogP contribution in [-0.2, 0) is 16.4 Å². The van der Waals surface area contributed by atoms with E-state index in [0.29, 0.717) is 12.3 Å². The highest BCUT2D eigenvalue weighted by atomic mass is 35.5. The summed E-state index contributed by atoms with van der Waals surface area (Å²) in [6, 6.07) is 17.8. The Labute approximate surface area is 154 Å². The molecule has 3 nitrogen and oxygen atoms in total. The van der Waals surface area contributed by atoms with Gasteiger partial charge in [0, 0.05) is 11.1 Å². The van der Waals surface area contributed by atoms with Crippen LogP contribution >= 0.6 is 11.6 Å². The van der Waals surface area contributed by atoms with E-state index >= 15 is 0 Å². The Morgan fingerprint density at radius 1 is 1.00 bits per heavy atom. The highest BCUT2D eigenvalue weighted by Crippen LogP contribution is 2.47. The molecule has 25 heavy (non-hydrogen) atoms. The van der Waals surface area contributed by atoms with Crippen molar-refractivity contribution in [2.24, 2.45) is 0 Å². The van der Waals surface area contributed by atoms with Crippen molar-refractivity contribution in [2.75, 3.05) is 0 Å². The van der Waals surface area contributed by atoms with E-state index in [1.165, 1.54) is 5.56 Å². The first-order chi connectivity index (χ1) is 12.0. The number of sulfonamides is 1. The molecule has 2 aliphatic carbocycles. The topological polar surface area (TPSA) is 46.2 Å². The van der Waals surface area contributed by atoms with E-state index < -0.39 is 14.8 Å². The normalized spacial score (nSPS) is 24.5.